The highest BCUT2D eigenvalue weighted by Crippen LogP contribution is 2.04. The molecule has 3 N–H and O–H groups in total. The van der Waals surface area contributed by atoms with E-state index < -0.39 is 6.04 Å². The number of hydrogen-bond acceptors (Lipinski definition) is 3. The molecule has 128 valence electrons. The van der Waals surface area contributed by atoms with Gasteiger partial charge in [0, 0.05) is 12.6 Å². The highest BCUT2D eigenvalue weighted by Gasteiger charge is 2.24. The molecule has 0 radical (unpaired) electrons. The predicted molar refractivity (Wildman–Crippen MR) is 93.1 cm³/mol. The molecule has 0 bridgehead atoms. The van der Waals surface area contributed by atoms with E-state index in [0.29, 0.717) is 6.54 Å². The molecule has 1 aromatic rings. The predicted octanol–water partition coefficient (Wildman–Crippen LogP) is 1.48. The van der Waals surface area contributed by atoms with Crippen molar-refractivity contribution in [3.63, 3.8) is 0 Å². The zero-order valence-corrected chi connectivity index (χ0v) is 14.6. The summed E-state index contributed by atoms with van der Waals surface area (Å²) in [6.45, 7) is 9.31. The van der Waals surface area contributed by atoms with Crippen LogP contribution in [0.15, 0.2) is 30.3 Å². The average molecular weight is 319 g/mol. The monoisotopic (exact) mass is 319 g/mol. The minimum absolute atomic E-state index is 0.0316. The van der Waals surface area contributed by atoms with Gasteiger partial charge in [0.1, 0.15) is 6.04 Å². The molecule has 23 heavy (non-hydrogen) atoms. The first-order valence-electron chi connectivity index (χ1n) is 8.28. The fourth-order valence-electron chi connectivity index (χ4n) is 2.32. The van der Waals surface area contributed by atoms with Crippen LogP contribution in [-0.4, -0.2) is 37.0 Å². The van der Waals surface area contributed by atoms with Gasteiger partial charge in [-0.3, -0.25) is 9.59 Å². The Morgan fingerprint density at radius 2 is 1.74 bits per heavy atom. The van der Waals surface area contributed by atoms with E-state index in [4.69, 9.17) is 0 Å². The van der Waals surface area contributed by atoms with Crippen LogP contribution in [0.2, 0.25) is 0 Å². The van der Waals surface area contributed by atoms with Gasteiger partial charge >= 0.3 is 0 Å². The molecule has 1 rings (SSSR count). The number of benzene rings is 1. The molecule has 5 heteroatoms. The van der Waals surface area contributed by atoms with Crippen molar-refractivity contribution < 1.29 is 9.59 Å². The molecule has 0 fully saturated rings. The topological polar surface area (TPSA) is 70.2 Å². The van der Waals surface area contributed by atoms with E-state index >= 15 is 0 Å². The lowest BCUT2D eigenvalue weighted by molar-refractivity contribution is -0.129. The fraction of sp³-hybridized carbons (Fsp3) is 0.556. The number of likely N-dealkylation sites (N-methyl/N-ethyl adjacent to an activating group) is 1. The standard InChI is InChI=1S/C18H29N3O2/c1-5-19-14(4)12-20-18(23)17(13(2)3)21-16(22)11-15-9-7-6-8-10-15/h6-10,13-14,17,19H,5,11-12H2,1-4H3,(H,20,23)(H,21,22)/t14-,17?/m1/s1. The smallest absolute Gasteiger partial charge is 0.242 e. The first-order chi connectivity index (χ1) is 10.9. The van der Waals surface area contributed by atoms with Crippen molar-refractivity contribution in [1.29, 1.82) is 0 Å². The SMILES string of the molecule is CCN[C@H](C)CNC(=O)C(NC(=O)Cc1ccccc1)C(C)C. The summed E-state index contributed by atoms with van der Waals surface area (Å²) in [7, 11) is 0. The third-order valence-corrected chi connectivity index (χ3v) is 3.61. The van der Waals surface area contributed by atoms with Crippen molar-refractivity contribution >= 4 is 11.8 Å². The molecular weight excluding hydrogens is 290 g/mol. The van der Waals surface area contributed by atoms with Crippen LogP contribution in [0.1, 0.15) is 33.3 Å². The molecule has 5 nitrogen and oxygen atoms in total. The van der Waals surface area contributed by atoms with E-state index in [9.17, 15) is 9.59 Å². The van der Waals surface area contributed by atoms with Gasteiger partial charge in [-0.25, -0.2) is 0 Å². The Morgan fingerprint density at radius 3 is 2.30 bits per heavy atom. The van der Waals surface area contributed by atoms with Crippen molar-refractivity contribution in [1.82, 2.24) is 16.0 Å². The van der Waals surface area contributed by atoms with Crippen molar-refractivity contribution in [2.75, 3.05) is 13.1 Å². The van der Waals surface area contributed by atoms with Crippen LogP contribution in [0.4, 0.5) is 0 Å². The Labute approximate surface area is 139 Å². The molecule has 1 aromatic carbocycles. The van der Waals surface area contributed by atoms with E-state index in [1.54, 1.807) is 0 Å². The second-order valence-electron chi connectivity index (χ2n) is 6.16. The lowest BCUT2D eigenvalue weighted by Crippen LogP contribution is -2.52. The number of carbonyl (C=O) groups excluding carboxylic acids is 2. The summed E-state index contributed by atoms with van der Waals surface area (Å²) in [6.07, 6.45) is 0.283. The lowest BCUT2D eigenvalue weighted by atomic mass is 10.0. The lowest BCUT2D eigenvalue weighted by Gasteiger charge is -2.23. The number of nitrogens with one attached hydrogen (secondary N) is 3. The minimum atomic E-state index is -0.514. The van der Waals surface area contributed by atoms with E-state index in [1.807, 2.05) is 58.0 Å². The summed E-state index contributed by atoms with van der Waals surface area (Å²) in [5.74, 6) is -0.236. The largest absolute Gasteiger partial charge is 0.353 e. The van der Waals surface area contributed by atoms with Gasteiger partial charge in [0.15, 0.2) is 0 Å². The third kappa shape index (κ3) is 7.28. The van der Waals surface area contributed by atoms with Gasteiger partial charge in [-0.05, 0) is 24.9 Å². The number of amides is 2. The molecule has 0 saturated carbocycles. The molecule has 2 atom stereocenters. The van der Waals surface area contributed by atoms with Crippen LogP contribution in [0.25, 0.3) is 0 Å². The summed E-state index contributed by atoms with van der Waals surface area (Å²) in [4.78, 5) is 24.5. The van der Waals surface area contributed by atoms with Crippen LogP contribution in [0.3, 0.4) is 0 Å². The summed E-state index contributed by atoms with van der Waals surface area (Å²) < 4.78 is 0. The molecule has 1 unspecified atom stereocenters. The molecular formula is C18H29N3O2. The Balaban J connectivity index is 2.53. The van der Waals surface area contributed by atoms with Gasteiger partial charge in [0.25, 0.3) is 0 Å². The first kappa shape index (κ1) is 19.2. The summed E-state index contributed by atoms with van der Waals surface area (Å²) in [5.41, 5.74) is 0.939. The molecule has 0 aliphatic carbocycles. The maximum Gasteiger partial charge on any atom is 0.242 e. The molecule has 0 spiro atoms. The zero-order chi connectivity index (χ0) is 17.2. The average Bonchev–Trinajstić information content (AvgIpc) is 2.51. The van der Waals surface area contributed by atoms with Gasteiger partial charge in [-0.1, -0.05) is 51.1 Å². The first-order valence-corrected chi connectivity index (χ1v) is 8.28. The van der Waals surface area contributed by atoms with Gasteiger partial charge in [-0.15, -0.1) is 0 Å². The highest BCUT2D eigenvalue weighted by molar-refractivity contribution is 5.88. The van der Waals surface area contributed by atoms with Crippen LogP contribution in [0, 0.1) is 5.92 Å². The Hall–Kier alpha value is -1.88. The molecule has 2 amide bonds. The summed E-state index contributed by atoms with van der Waals surface area (Å²) in [6, 6.07) is 9.22. The van der Waals surface area contributed by atoms with E-state index in [1.165, 1.54) is 0 Å². The second-order valence-corrected chi connectivity index (χ2v) is 6.16. The van der Waals surface area contributed by atoms with Crippen LogP contribution < -0.4 is 16.0 Å². The minimum Gasteiger partial charge on any atom is -0.353 e. The van der Waals surface area contributed by atoms with Crippen LogP contribution in [-0.2, 0) is 16.0 Å². The molecule has 0 saturated heterocycles. The molecule has 0 aliphatic heterocycles. The van der Waals surface area contributed by atoms with Crippen molar-refractivity contribution in [2.24, 2.45) is 5.92 Å². The Kier molecular flexibility index (Phi) is 8.33. The quantitative estimate of drug-likeness (QED) is 0.646. The molecule has 0 heterocycles. The van der Waals surface area contributed by atoms with Crippen LogP contribution in [0.5, 0.6) is 0 Å². The van der Waals surface area contributed by atoms with Gasteiger partial charge < -0.3 is 16.0 Å². The number of hydrogen-bond donors (Lipinski definition) is 3. The highest BCUT2D eigenvalue weighted by atomic mass is 16.2. The van der Waals surface area contributed by atoms with Crippen molar-refractivity contribution in [3.8, 4) is 0 Å². The zero-order valence-electron chi connectivity index (χ0n) is 14.6. The van der Waals surface area contributed by atoms with Gasteiger partial charge in [0.05, 0.1) is 6.42 Å². The molecule has 0 aliphatic rings. The fourth-order valence-corrected chi connectivity index (χ4v) is 2.32. The number of carbonyl (C=O) groups is 2. The van der Waals surface area contributed by atoms with Crippen molar-refractivity contribution in [2.45, 2.75) is 46.2 Å². The normalized spacial score (nSPS) is 13.4. The Morgan fingerprint density at radius 1 is 1.09 bits per heavy atom. The number of rotatable bonds is 9. The maximum atomic E-state index is 12.3. The van der Waals surface area contributed by atoms with Crippen molar-refractivity contribution in [3.05, 3.63) is 35.9 Å². The Bertz CT molecular complexity index is 488. The van der Waals surface area contributed by atoms with E-state index in [0.717, 1.165) is 12.1 Å². The third-order valence-electron chi connectivity index (χ3n) is 3.61. The maximum absolute atomic E-state index is 12.3. The van der Waals surface area contributed by atoms with E-state index in [2.05, 4.69) is 16.0 Å². The summed E-state index contributed by atoms with van der Waals surface area (Å²) in [5, 5.41) is 8.99. The van der Waals surface area contributed by atoms with Gasteiger partial charge in [-0.2, -0.15) is 0 Å². The van der Waals surface area contributed by atoms with Gasteiger partial charge in [0.2, 0.25) is 11.8 Å². The van der Waals surface area contributed by atoms with Crippen LogP contribution >= 0.6 is 0 Å². The summed E-state index contributed by atoms with van der Waals surface area (Å²) >= 11 is 0. The van der Waals surface area contributed by atoms with E-state index in [-0.39, 0.29) is 30.2 Å². The second kappa shape index (κ2) is 10.0. The molecule has 0 aromatic heterocycles.